The number of nitrogens with one attached hydrogen (secondary N) is 2. The third-order valence-electron chi connectivity index (χ3n) is 2.90. The van der Waals surface area contributed by atoms with Gasteiger partial charge in [-0.2, -0.15) is 0 Å². The van der Waals surface area contributed by atoms with E-state index in [9.17, 15) is 4.79 Å². The van der Waals surface area contributed by atoms with Crippen molar-refractivity contribution in [1.82, 2.24) is 10.6 Å². The minimum Gasteiger partial charge on any atom is -0.335 e. The zero-order valence-corrected chi connectivity index (χ0v) is 10.6. The summed E-state index contributed by atoms with van der Waals surface area (Å²) in [6, 6.07) is 7.96. The van der Waals surface area contributed by atoms with Crippen LogP contribution in [0.4, 0.5) is 4.79 Å². The lowest BCUT2D eigenvalue weighted by molar-refractivity contribution is 0.236. The lowest BCUT2D eigenvalue weighted by Crippen LogP contribution is -2.38. The lowest BCUT2D eigenvalue weighted by Gasteiger charge is -2.17. The molecule has 1 saturated carbocycles. The van der Waals surface area contributed by atoms with Crippen LogP contribution in [0.15, 0.2) is 24.3 Å². The third kappa shape index (κ3) is 3.63. The van der Waals surface area contributed by atoms with Gasteiger partial charge in [0.15, 0.2) is 0 Å². The molecule has 1 atom stereocenters. The van der Waals surface area contributed by atoms with Gasteiger partial charge >= 0.3 is 6.03 Å². The first-order valence-electron chi connectivity index (χ1n) is 6.01. The normalized spacial score (nSPS) is 16.4. The third-order valence-corrected chi connectivity index (χ3v) is 3.15. The first-order chi connectivity index (χ1) is 8.19. The van der Waals surface area contributed by atoms with Crippen LogP contribution in [-0.2, 0) is 0 Å². The number of rotatable bonds is 4. The molecule has 3 nitrogen and oxygen atoms in total. The van der Waals surface area contributed by atoms with E-state index >= 15 is 0 Å². The van der Waals surface area contributed by atoms with Crippen LogP contribution in [0.1, 0.15) is 37.8 Å². The van der Waals surface area contributed by atoms with E-state index in [2.05, 4.69) is 17.6 Å². The van der Waals surface area contributed by atoms with Gasteiger partial charge in [0, 0.05) is 11.1 Å². The predicted octanol–water partition coefficient (Wildman–Crippen LogP) is 3.25. The van der Waals surface area contributed by atoms with Crippen molar-refractivity contribution in [2.45, 2.75) is 38.3 Å². The number of amides is 2. The molecule has 1 fully saturated rings. The molecule has 92 valence electrons. The van der Waals surface area contributed by atoms with Crippen LogP contribution in [0.2, 0.25) is 5.02 Å². The molecule has 1 aromatic rings. The fourth-order valence-electron chi connectivity index (χ4n) is 1.73. The van der Waals surface area contributed by atoms with E-state index in [1.165, 1.54) is 0 Å². The summed E-state index contributed by atoms with van der Waals surface area (Å²) in [7, 11) is 0. The molecule has 1 aromatic carbocycles. The monoisotopic (exact) mass is 252 g/mol. The maximum Gasteiger partial charge on any atom is 0.315 e. The topological polar surface area (TPSA) is 41.1 Å². The fraction of sp³-hybridized carbons (Fsp3) is 0.462. The van der Waals surface area contributed by atoms with Crippen LogP contribution in [0.3, 0.4) is 0 Å². The number of hydrogen-bond donors (Lipinski definition) is 2. The average Bonchev–Trinajstić information content (AvgIpc) is 3.11. The van der Waals surface area contributed by atoms with Gasteiger partial charge in [0.25, 0.3) is 0 Å². The molecule has 1 aliphatic carbocycles. The summed E-state index contributed by atoms with van der Waals surface area (Å²) in [4.78, 5) is 11.7. The van der Waals surface area contributed by atoms with Crippen molar-refractivity contribution >= 4 is 17.6 Å². The molecule has 2 rings (SSSR count). The molecule has 0 bridgehead atoms. The Kier molecular flexibility index (Phi) is 3.89. The molecule has 4 heteroatoms. The number of hydrogen-bond acceptors (Lipinski definition) is 1. The summed E-state index contributed by atoms with van der Waals surface area (Å²) in [5.74, 6) is 0. The van der Waals surface area contributed by atoms with E-state index in [1.807, 2.05) is 24.3 Å². The summed E-state index contributed by atoms with van der Waals surface area (Å²) >= 11 is 5.84. The average molecular weight is 253 g/mol. The van der Waals surface area contributed by atoms with Gasteiger partial charge < -0.3 is 10.6 Å². The first kappa shape index (κ1) is 12.2. The van der Waals surface area contributed by atoms with Crippen LogP contribution in [-0.4, -0.2) is 12.1 Å². The van der Waals surface area contributed by atoms with Crippen LogP contribution in [0.25, 0.3) is 0 Å². The van der Waals surface area contributed by atoms with Crippen LogP contribution in [0, 0.1) is 0 Å². The van der Waals surface area contributed by atoms with E-state index in [4.69, 9.17) is 11.6 Å². The highest BCUT2D eigenvalue weighted by molar-refractivity contribution is 6.30. The highest BCUT2D eigenvalue weighted by Crippen LogP contribution is 2.21. The zero-order chi connectivity index (χ0) is 12.3. The Morgan fingerprint density at radius 3 is 2.59 bits per heavy atom. The van der Waals surface area contributed by atoms with Crippen LogP contribution < -0.4 is 10.6 Å². The van der Waals surface area contributed by atoms with Crippen molar-refractivity contribution < 1.29 is 4.79 Å². The second-order valence-electron chi connectivity index (χ2n) is 4.40. The van der Waals surface area contributed by atoms with Crippen LogP contribution >= 0.6 is 11.6 Å². The Hall–Kier alpha value is -1.22. The number of urea groups is 1. The number of carbonyl (C=O) groups is 1. The molecule has 0 saturated heterocycles. The number of carbonyl (C=O) groups excluding carboxylic acids is 1. The van der Waals surface area contributed by atoms with Gasteiger partial charge in [-0.3, -0.25) is 0 Å². The Morgan fingerprint density at radius 2 is 2.06 bits per heavy atom. The molecule has 17 heavy (non-hydrogen) atoms. The SMILES string of the molecule is CCC(NC(=O)NC1CC1)c1ccc(Cl)cc1. The van der Waals surface area contributed by atoms with Crippen molar-refractivity contribution in [3.05, 3.63) is 34.9 Å². The molecule has 0 radical (unpaired) electrons. The fourth-order valence-corrected chi connectivity index (χ4v) is 1.86. The lowest BCUT2D eigenvalue weighted by atomic mass is 10.1. The Labute approximate surface area is 107 Å². The van der Waals surface area contributed by atoms with E-state index in [-0.39, 0.29) is 12.1 Å². The minimum absolute atomic E-state index is 0.0472. The number of halogens is 1. The summed E-state index contributed by atoms with van der Waals surface area (Å²) in [5.41, 5.74) is 1.09. The first-order valence-corrected chi connectivity index (χ1v) is 6.39. The highest BCUT2D eigenvalue weighted by atomic mass is 35.5. The molecule has 0 spiro atoms. The van der Waals surface area contributed by atoms with Gasteiger partial charge in [-0.25, -0.2) is 4.79 Å². The number of benzene rings is 1. The van der Waals surface area contributed by atoms with E-state index in [0.717, 1.165) is 24.8 Å². The minimum atomic E-state index is -0.0747. The van der Waals surface area contributed by atoms with Crippen molar-refractivity contribution in [2.75, 3.05) is 0 Å². The summed E-state index contributed by atoms with van der Waals surface area (Å²) in [6.45, 7) is 2.05. The summed E-state index contributed by atoms with van der Waals surface area (Å²) in [6.07, 6.45) is 3.07. The van der Waals surface area contributed by atoms with Gasteiger partial charge in [0.05, 0.1) is 6.04 Å². The Morgan fingerprint density at radius 1 is 1.41 bits per heavy atom. The van der Waals surface area contributed by atoms with Gasteiger partial charge in [0.2, 0.25) is 0 Å². The largest absolute Gasteiger partial charge is 0.335 e. The van der Waals surface area contributed by atoms with Crippen molar-refractivity contribution in [3.8, 4) is 0 Å². The second kappa shape index (κ2) is 5.41. The Bertz CT molecular complexity index is 387. The summed E-state index contributed by atoms with van der Waals surface area (Å²) < 4.78 is 0. The molecule has 0 aliphatic heterocycles. The van der Waals surface area contributed by atoms with Gasteiger partial charge in [-0.1, -0.05) is 30.7 Å². The quantitative estimate of drug-likeness (QED) is 0.849. The molecular weight excluding hydrogens is 236 g/mol. The molecular formula is C13H17ClN2O. The van der Waals surface area contributed by atoms with Crippen molar-refractivity contribution in [3.63, 3.8) is 0 Å². The predicted molar refractivity (Wildman–Crippen MR) is 69.2 cm³/mol. The van der Waals surface area contributed by atoms with Gasteiger partial charge in [-0.15, -0.1) is 0 Å². The smallest absolute Gasteiger partial charge is 0.315 e. The van der Waals surface area contributed by atoms with E-state index in [1.54, 1.807) is 0 Å². The van der Waals surface area contributed by atoms with Crippen LogP contribution in [0.5, 0.6) is 0 Å². The van der Waals surface area contributed by atoms with Gasteiger partial charge in [-0.05, 0) is 37.0 Å². The Balaban J connectivity index is 1.94. The second-order valence-corrected chi connectivity index (χ2v) is 4.84. The zero-order valence-electron chi connectivity index (χ0n) is 9.87. The maximum absolute atomic E-state index is 11.7. The van der Waals surface area contributed by atoms with Crippen molar-refractivity contribution in [1.29, 1.82) is 0 Å². The molecule has 0 heterocycles. The van der Waals surface area contributed by atoms with Gasteiger partial charge in [0.1, 0.15) is 0 Å². The molecule has 2 N–H and O–H groups in total. The molecule has 1 unspecified atom stereocenters. The van der Waals surface area contributed by atoms with Crippen molar-refractivity contribution in [2.24, 2.45) is 0 Å². The van der Waals surface area contributed by atoms with E-state index in [0.29, 0.717) is 11.1 Å². The maximum atomic E-state index is 11.7. The standard InChI is InChI=1S/C13H17ClN2O/c1-2-12(9-3-5-10(14)6-4-9)16-13(17)15-11-7-8-11/h3-6,11-12H,2,7-8H2,1H3,(H2,15,16,17). The van der Waals surface area contributed by atoms with E-state index < -0.39 is 0 Å². The molecule has 1 aliphatic rings. The highest BCUT2D eigenvalue weighted by Gasteiger charge is 2.24. The molecule has 2 amide bonds. The summed E-state index contributed by atoms with van der Waals surface area (Å²) in [5, 5.41) is 6.62. The molecule has 0 aromatic heterocycles.